The summed E-state index contributed by atoms with van der Waals surface area (Å²) in [6, 6.07) is 7.90. The van der Waals surface area contributed by atoms with Crippen molar-refractivity contribution in [3.8, 4) is 5.75 Å². The zero-order valence-electron chi connectivity index (χ0n) is 19.6. The molecule has 0 radical (unpaired) electrons. The van der Waals surface area contributed by atoms with Gasteiger partial charge in [0.1, 0.15) is 5.52 Å². The number of amides is 1. The number of nitrogens with one attached hydrogen (secondary N) is 1. The highest BCUT2D eigenvalue weighted by Crippen LogP contribution is 2.66. The second-order valence-corrected chi connectivity index (χ2v) is 11.5. The molecule has 1 aromatic carbocycles. The maximum absolute atomic E-state index is 13.1. The first-order valence-electron chi connectivity index (χ1n) is 11.9. The van der Waals surface area contributed by atoms with E-state index in [-0.39, 0.29) is 11.6 Å². The van der Waals surface area contributed by atoms with Crippen LogP contribution in [0.3, 0.4) is 0 Å². The third-order valence-corrected chi connectivity index (χ3v) is 7.90. The van der Waals surface area contributed by atoms with E-state index in [1.807, 2.05) is 30.3 Å². The fourth-order valence-electron chi connectivity index (χ4n) is 7.93. The summed E-state index contributed by atoms with van der Waals surface area (Å²) in [5.41, 5.74) is 2.45. The van der Waals surface area contributed by atoms with Gasteiger partial charge >= 0.3 is 6.09 Å². The minimum atomic E-state index is -0.345. The number of likely N-dealkylation sites (N-methyl/N-ethyl adjacent to an activating group) is 1. The smallest absolute Gasteiger partial charge is 0.408 e. The van der Waals surface area contributed by atoms with Crippen LogP contribution in [0, 0.1) is 16.7 Å². The number of nitrogens with zero attached hydrogens (tertiary/aromatic N) is 2. The molecule has 4 saturated carbocycles. The van der Waals surface area contributed by atoms with Gasteiger partial charge in [-0.25, -0.2) is 4.79 Å². The average molecular weight is 434 g/mol. The zero-order valence-corrected chi connectivity index (χ0v) is 19.6. The topological polar surface area (TPSA) is 54.5 Å². The minimum Gasteiger partial charge on any atom is -0.408 e. The fourth-order valence-corrected chi connectivity index (χ4v) is 7.93. The normalized spacial score (nSPS) is 32.9. The molecule has 1 heterocycles. The third kappa shape index (κ3) is 3.92. The summed E-state index contributed by atoms with van der Waals surface area (Å²) in [4.78, 5) is 19.9. The Kier molecular flexibility index (Phi) is 5.08. The first kappa shape index (κ1) is 21.4. The average Bonchev–Trinajstić information content (AvgIpc) is 2.67. The molecule has 0 saturated heterocycles. The molecule has 0 aliphatic heterocycles. The van der Waals surface area contributed by atoms with Crippen LogP contribution in [0.1, 0.15) is 57.9 Å². The molecule has 2 unspecified atom stereocenters. The van der Waals surface area contributed by atoms with Crippen molar-refractivity contribution in [2.75, 3.05) is 13.6 Å². The van der Waals surface area contributed by atoms with Crippen molar-refractivity contribution in [1.82, 2.24) is 15.2 Å². The monoisotopic (exact) mass is 433 g/mol. The Labute approximate surface area is 191 Å². The summed E-state index contributed by atoms with van der Waals surface area (Å²) in [6.45, 7) is 10.2. The van der Waals surface area contributed by atoms with Crippen molar-refractivity contribution >= 4 is 17.0 Å². The van der Waals surface area contributed by atoms with E-state index in [2.05, 4.69) is 42.7 Å². The first-order valence-corrected chi connectivity index (χ1v) is 11.9. The summed E-state index contributed by atoms with van der Waals surface area (Å²) >= 11 is 0. The quantitative estimate of drug-likeness (QED) is 0.595. The molecule has 2 aromatic rings. The van der Waals surface area contributed by atoms with Gasteiger partial charge in [-0.05, 0) is 80.0 Å². The molecule has 1 aromatic heterocycles. The molecule has 32 heavy (non-hydrogen) atoms. The molecule has 1 amide bonds. The largest absolute Gasteiger partial charge is 0.413 e. The van der Waals surface area contributed by atoms with E-state index in [4.69, 9.17) is 4.74 Å². The van der Waals surface area contributed by atoms with Crippen molar-refractivity contribution in [2.24, 2.45) is 16.7 Å². The molecule has 5 nitrogen and oxygen atoms in total. The number of carbonyl (C=O) groups is 1. The fraction of sp³-hybridized carbons (Fsp3) is 0.556. The number of hydrogen-bond donors (Lipinski definition) is 1. The van der Waals surface area contributed by atoms with Gasteiger partial charge in [-0.15, -0.1) is 6.58 Å². The lowest BCUT2D eigenvalue weighted by Gasteiger charge is -2.65. The number of ether oxygens (including phenoxy) is 1. The number of carbonyl (C=O) groups excluding carboxylic acids is 1. The molecular formula is C27H35N3O2. The highest BCUT2D eigenvalue weighted by atomic mass is 16.6. The number of hydrogen-bond acceptors (Lipinski definition) is 4. The Hall–Kier alpha value is -2.40. The second kappa shape index (κ2) is 7.58. The Morgan fingerprint density at radius 2 is 1.97 bits per heavy atom. The van der Waals surface area contributed by atoms with Gasteiger partial charge < -0.3 is 10.1 Å². The Morgan fingerprint density at radius 3 is 2.66 bits per heavy atom. The molecule has 1 N–H and O–H groups in total. The lowest BCUT2D eigenvalue weighted by atomic mass is 9.43. The molecule has 5 heteroatoms. The SMILES string of the molecule is C=CCN(C)Cc1ccc(OC(=O)NC23CC4CC(C)(CC(C)(C4)C2)C3)c2ncccc12. The van der Waals surface area contributed by atoms with Gasteiger partial charge in [0.05, 0.1) is 0 Å². The zero-order chi connectivity index (χ0) is 22.6. The van der Waals surface area contributed by atoms with Crippen LogP contribution in [0.2, 0.25) is 0 Å². The van der Waals surface area contributed by atoms with Crippen molar-refractivity contribution in [3.05, 3.63) is 48.7 Å². The van der Waals surface area contributed by atoms with Crippen LogP contribution >= 0.6 is 0 Å². The van der Waals surface area contributed by atoms with Crippen LogP contribution < -0.4 is 10.1 Å². The number of benzene rings is 1. The van der Waals surface area contributed by atoms with Crippen molar-refractivity contribution < 1.29 is 9.53 Å². The number of pyridine rings is 1. The van der Waals surface area contributed by atoms with E-state index in [1.54, 1.807) is 6.20 Å². The molecule has 2 atom stereocenters. The second-order valence-electron chi connectivity index (χ2n) is 11.5. The standard InChI is InChI=1S/C27H35N3O2/c1-5-11-30(4)15-20-8-9-22(23-21(20)7-6-10-28-23)32-24(31)29-27-14-19-12-25(2,17-27)16-26(3,13-19)18-27/h5-10,19H,1,11-18H2,2-4H3,(H,29,31). The first-order chi connectivity index (χ1) is 15.2. The molecule has 170 valence electrons. The van der Waals surface area contributed by atoms with Gasteiger partial charge in [-0.1, -0.05) is 32.1 Å². The number of rotatable bonds is 6. The van der Waals surface area contributed by atoms with Gasteiger partial charge in [-0.3, -0.25) is 9.88 Å². The van der Waals surface area contributed by atoms with Gasteiger partial charge in [0.2, 0.25) is 0 Å². The predicted octanol–water partition coefficient (Wildman–Crippen LogP) is 5.69. The Balaban J connectivity index is 1.36. The number of fused-ring (bicyclic) bond motifs is 1. The van der Waals surface area contributed by atoms with Gasteiger partial charge in [0, 0.05) is 30.2 Å². The minimum absolute atomic E-state index is 0.128. The highest BCUT2D eigenvalue weighted by Gasteiger charge is 2.60. The van der Waals surface area contributed by atoms with Gasteiger partial charge in [0.25, 0.3) is 0 Å². The van der Waals surface area contributed by atoms with Crippen LogP contribution in [-0.4, -0.2) is 35.1 Å². The summed E-state index contributed by atoms with van der Waals surface area (Å²) in [7, 11) is 2.06. The van der Waals surface area contributed by atoms with Gasteiger partial charge in [0.15, 0.2) is 5.75 Å². The molecule has 6 rings (SSSR count). The molecule has 4 bridgehead atoms. The van der Waals surface area contributed by atoms with Crippen molar-refractivity contribution in [2.45, 2.75) is 64.5 Å². The number of aromatic nitrogens is 1. The van der Waals surface area contributed by atoms with Crippen LogP contribution in [0.5, 0.6) is 5.75 Å². The Bertz CT molecular complexity index is 1050. The van der Waals surface area contributed by atoms with E-state index >= 15 is 0 Å². The molecule has 4 fully saturated rings. The van der Waals surface area contributed by atoms with E-state index in [9.17, 15) is 4.79 Å². The maximum atomic E-state index is 13.1. The van der Waals surface area contributed by atoms with Crippen molar-refractivity contribution in [3.63, 3.8) is 0 Å². The Morgan fingerprint density at radius 1 is 1.22 bits per heavy atom. The summed E-state index contributed by atoms with van der Waals surface area (Å²) in [6.07, 6.45) is 10.4. The lowest BCUT2D eigenvalue weighted by molar-refractivity contribution is -0.114. The van der Waals surface area contributed by atoms with E-state index in [0.717, 1.165) is 54.7 Å². The van der Waals surface area contributed by atoms with Crippen LogP contribution in [-0.2, 0) is 6.54 Å². The van der Waals surface area contributed by atoms with Crippen LogP contribution in [0.4, 0.5) is 4.79 Å². The van der Waals surface area contributed by atoms with Crippen molar-refractivity contribution in [1.29, 1.82) is 0 Å². The van der Waals surface area contributed by atoms with Crippen LogP contribution in [0.25, 0.3) is 10.9 Å². The van der Waals surface area contributed by atoms with Crippen LogP contribution in [0.15, 0.2) is 43.1 Å². The highest BCUT2D eigenvalue weighted by molar-refractivity contribution is 5.89. The summed E-state index contributed by atoms with van der Waals surface area (Å²) < 4.78 is 5.90. The predicted molar refractivity (Wildman–Crippen MR) is 128 cm³/mol. The third-order valence-electron chi connectivity index (χ3n) is 7.90. The molecular weight excluding hydrogens is 398 g/mol. The summed E-state index contributed by atoms with van der Waals surface area (Å²) in [5, 5.41) is 4.36. The van der Waals surface area contributed by atoms with E-state index < -0.39 is 0 Å². The molecule has 4 aliphatic rings. The molecule has 0 spiro atoms. The maximum Gasteiger partial charge on any atom is 0.413 e. The van der Waals surface area contributed by atoms with E-state index in [0.29, 0.717) is 16.6 Å². The molecule has 4 aliphatic carbocycles. The lowest BCUT2D eigenvalue weighted by Crippen LogP contribution is -2.65. The van der Waals surface area contributed by atoms with E-state index in [1.165, 1.54) is 19.3 Å². The van der Waals surface area contributed by atoms with Gasteiger partial charge in [-0.2, -0.15) is 0 Å². The summed E-state index contributed by atoms with van der Waals surface area (Å²) in [5.74, 6) is 1.24.